The molecule has 0 aliphatic rings. The summed E-state index contributed by atoms with van der Waals surface area (Å²) in [7, 11) is 6.17. The van der Waals surface area contributed by atoms with E-state index in [0.717, 1.165) is 17.0 Å². The Morgan fingerprint density at radius 2 is 1.68 bits per heavy atom. The first kappa shape index (κ1) is 29.3. The topological polar surface area (TPSA) is 96.1 Å². The van der Waals surface area contributed by atoms with Crippen LogP contribution < -0.4 is 24.7 Å². The first-order valence-corrected chi connectivity index (χ1v) is 10.8. The van der Waals surface area contributed by atoms with Crippen LogP contribution >= 0.6 is 36.2 Å². The van der Waals surface area contributed by atoms with Gasteiger partial charge in [-0.25, -0.2) is 4.98 Å². The van der Waals surface area contributed by atoms with Crippen LogP contribution in [0.3, 0.4) is 0 Å². The van der Waals surface area contributed by atoms with Crippen molar-refractivity contribution < 1.29 is 23.7 Å². The van der Waals surface area contributed by atoms with Crippen molar-refractivity contribution in [1.82, 2.24) is 9.88 Å². The molecule has 0 radical (unpaired) electrons. The van der Waals surface area contributed by atoms with Crippen molar-refractivity contribution in [2.24, 2.45) is 5.73 Å². The van der Waals surface area contributed by atoms with Crippen molar-refractivity contribution in [2.75, 3.05) is 34.9 Å². The molecular formula is C23H29Cl2N3O5S. The van der Waals surface area contributed by atoms with Gasteiger partial charge in [0.25, 0.3) is 5.91 Å². The van der Waals surface area contributed by atoms with Crippen LogP contribution in [0, 0.1) is 0 Å². The third-order valence-electron chi connectivity index (χ3n) is 4.79. The molecule has 0 atom stereocenters. The van der Waals surface area contributed by atoms with E-state index in [0.29, 0.717) is 35.9 Å². The van der Waals surface area contributed by atoms with Gasteiger partial charge in [-0.05, 0) is 30.7 Å². The summed E-state index contributed by atoms with van der Waals surface area (Å²) in [5.74, 6) is 1.54. The zero-order chi connectivity index (χ0) is 23.1. The second kappa shape index (κ2) is 13.9. The summed E-state index contributed by atoms with van der Waals surface area (Å²) in [5.41, 5.74) is 7.02. The van der Waals surface area contributed by atoms with Gasteiger partial charge in [-0.15, -0.1) is 36.2 Å². The number of aromatic nitrogens is 1. The molecule has 186 valence electrons. The minimum atomic E-state index is -0.263. The predicted octanol–water partition coefficient (Wildman–Crippen LogP) is 4.58. The largest absolute Gasteiger partial charge is 0.492 e. The molecule has 0 aliphatic heterocycles. The van der Waals surface area contributed by atoms with Gasteiger partial charge in [0.15, 0.2) is 11.5 Å². The molecule has 2 aromatic carbocycles. The molecule has 0 saturated carbocycles. The molecule has 1 heterocycles. The Morgan fingerprint density at radius 1 is 1.03 bits per heavy atom. The van der Waals surface area contributed by atoms with E-state index in [1.165, 1.54) is 32.7 Å². The number of amides is 1. The number of carbonyl (C=O) groups excluding carboxylic acids is 1. The molecule has 0 saturated heterocycles. The summed E-state index contributed by atoms with van der Waals surface area (Å²) >= 11 is 1.48. The fraction of sp³-hybridized carbons (Fsp3) is 0.304. The Balaban J connectivity index is 0.00000289. The standard InChI is InChI=1S/C23H27N3O5S.2ClH/c1-26(14-19-25-11-12-32-19)23(27)17-13-18(21(29-3)22(30-4)20(17)28-2)31-16-7-5-15(6-8-16)9-10-24;;/h5-8,11-13H,9-10,14,24H2,1-4H3;2*1H. The van der Waals surface area contributed by atoms with Gasteiger partial charge in [0.05, 0.1) is 33.4 Å². The van der Waals surface area contributed by atoms with Gasteiger partial charge in [-0.2, -0.15) is 0 Å². The van der Waals surface area contributed by atoms with Gasteiger partial charge in [-0.3, -0.25) is 4.79 Å². The fourth-order valence-corrected chi connectivity index (χ4v) is 3.91. The molecule has 1 aromatic heterocycles. The third-order valence-corrected chi connectivity index (χ3v) is 5.55. The second-order valence-corrected chi connectivity index (χ2v) is 7.87. The van der Waals surface area contributed by atoms with Crippen molar-refractivity contribution in [3.05, 3.63) is 58.0 Å². The van der Waals surface area contributed by atoms with E-state index in [2.05, 4.69) is 4.98 Å². The second-order valence-electron chi connectivity index (χ2n) is 6.89. The van der Waals surface area contributed by atoms with Crippen LogP contribution in [0.2, 0.25) is 0 Å². The third kappa shape index (κ3) is 6.66. The zero-order valence-corrected chi connectivity index (χ0v) is 21.9. The number of methoxy groups -OCH3 is 3. The summed E-state index contributed by atoms with van der Waals surface area (Å²) in [4.78, 5) is 19.1. The monoisotopic (exact) mass is 529 g/mol. The number of benzene rings is 2. The van der Waals surface area contributed by atoms with Crippen molar-refractivity contribution in [2.45, 2.75) is 13.0 Å². The average molecular weight is 530 g/mol. The van der Waals surface area contributed by atoms with Crippen LogP contribution in [0.15, 0.2) is 41.9 Å². The van der Waals surface area contributed by atoms with E-state index < -0.39 is 0 Å². The summed E-state index contributed by atoms with van der Waals surface area (Å²) < 4.78 is 22.7. The molecule has 3 aromatic rings. The van der Waals surface area contributed by atoms with Gasteiger partial charge < -0.3 is 29.6 Å². The number of halogens is 2. The lowest BCUT2D eigenvalue weighted by molar-refractivity contribution is 0.0780. The van der Waals surface area contributed by atoms with Crippen LogP contribution in [0.25, 0.3) is 0 Å². The average Bonchev–Trinajstić information content (AvgIpc) is 3.32. The van der Waals surface area contributed by atoms with Gasteiger partial charge >= 0.3 is 0 Å². The molecule has 34 heavy (non-hydrogen) atoms. The lowest BCUT2D eigenvalue weighted by Crippen LogP contribution is -2.26. The number of hydrogen-bond donors (Lipinski definition) is 1. The van der Waals surface area contributed by atoms with E-state index in [1.54, 1.807) is 24.2 Å². The molecule has 0 bridgehead atoms. The van der Waals surface area contributed by atoms with Gasteiger partial charge in [0.2, 0.25) is 11.5 Å². The fourth-order valence-electron chi connectivity index (χ4n) is 3.24. The lowest BCUT2D eigenvalue weighted by atomic mass is 10.1. The minimum Gasteiger partial charge on any atom is -0.492 e. The Morgan fingerprint density at radius 3 is 2.21 bits per heavy atom. The quantitative estimate of drug-likeness (QED) is 0.410. The lowest BCUT2D eigenvalue weighted by Gasteiger charge is -2.22. The Bertz CT molecular complexity index is 1050. The number of nitrogens with zero attached hydrogens (tertiary/aromatic N) is 2. The Kier molecular flexibility index (Phi) is 11.9. The first-order chi connectivity index (χ1) is 15.5. The van der Waals surface area contributed by atoms with Crippen LogP contribution in [-0.2, 0) is 13.0 Å². The maximum Gasteiger partial charge on any atom is 0.258 e. The maximum atomic E-state index is 13.3. The molecule has 0 spiro atoms. The van der Waals surface area contributed by atoms with Gasteiger partial charge in [0.1, 0.15) is 10.8 Å². The Hall–Kier alpha value is -2.72. The molecule has 0 unspecified atom stereocenters. The van der Waals surface area contributed by atoms with Crippen LogP contribution in [0.5, 0.6) is 28.7 Å². The first-order valence-electron chi connectivity index (χ1n) is 9.96. The normalized spacial score (nSPS) is 9.91. The number of ether oxygens (including phenoxy) is 4. The van der Waals surface area contributed by atoms with Crippen LogP contribution in [-0.4, -0.2) is 50.7 Å². The zero-order valence-electron chi connectivity index (χ0n) is 19.4. The van der Waals surface area contributed by atoms with Crippen LogP contribution in [0.4, 0.5) is 0 Å². The summed E-state index contributed by atoms with van der Waals surface area (Å²) in [5, 5.41) is 2.70. The number of thiazole rings is 1. The SMILES string of the molecule is COc1c(Oc2ccc(CCN)cc2)cc(C(=O)N(C)Cc2nccs2)c(OC)c1OC.Cl.Cl. The molecule has 0 fully saturated rings. The number of hydrogen-bond acceptors (Lipinski definition) is 8. The Labute approximate surface area is 215 Å². The van der Waals surface area contributed by atoms with Crippen molar-refractivity contribution >= 4 is 42.1 Å². The van der Waals surface area contributed by atoms with Crippen molar-refractivity contribution in [3.63, 3.8) is 0 Å². The molecule has 0 aliphatic carbocycles. The minimum absolute atomic E-state index is 0. The van der Waals surface area contributed by atoms with E-state index in [9.17, 15) is 4.79 Å². The number of nitrogens with two attached hydrogens (primary N) is 1. The smallest absolute Gasteiger partial charge is 0.258 e. The summed E-state index contributed by atoms with van der Waals surface area (Å²) in [6.07, 6.45) is 2.49. The highest BCUT2D eigenvalue weighted by molar-refractivity contribution is 7.09. The maximum absolute atomic E-state index is 13.3. The van der Waals surface area contributed by atoms with E-state index in [1.807, 2.05) is 29.6 Å². The predicted molar refractivity (Wildman–Crippen MR) is 138 cm³/mol. The van der Waals surface area contributed by atoms with E-state index >= 15 is 0 Å². The van der Waals surface area contributed by atoms with Gasteiger partial charge in [0, 0.05) is 24.7 Å². The summed E-state index contributed by atoms with van der Waals surface area (Å²) in [6.45, 7) is 0.941. The van der Waals surface area contributed by atoms with E-state index in [-0.39, 0.29) is 42.2 Å². The molecule has 2 N–H and O–H groups in total. The van der Waals surface area contributed by atoms with Crippen molar-refractivity contribution in [3.8, 4) is 28.7 Å². The molecular weight excluding hydrogens is 501 g/mol. The molecule has 3 rings (SSSR count). The van der Waals surface area contributed by atoms with Crippen LogP contribution in [0.1, 0.15) is 20.9 Å². The number of rotatable bonds is 10. The highest BCUT2D eigenvalue weighted by atomic mass is 35.5. The molecule has 11 heteroatoms. The summed E-state index contributed by atoms with van der Waals surface area (Å²) in [6, 6.07) is 9.19. The van der Waals surface area contributed by atoms with E-state index in [4.69, 9.17) is 24.7 Å². The molecule has 1 amide bonds. The highest BCUT2D eigenvalue weighted by Gasteiger charge is 2.27. The molecule has 8 nitrogen and oxygen atoms in total. The highest BCUT2D eigenvalue weighted by Crippen LogP contribution is 2.48. The van der Waals surface area contributed by atoms with Gasteiger partial charge in [-0.1, -0.05) is 12.1 Å². The van der Waals surface area contributed by atoms with Crippen molar-refractivity contribution in [1.29, 1.82) is 0 Å². The number of carbonyl (C=O) groups is 1.